The quantitative estimate of drug-likeness (QED) is 0.654. The number of nitrogens with zero attached hydrogens (tertiary/aromatic N) is 2. The number of nitrogens with two attached hydrogens (primary N) is 2. The van der Waals surface area contributed by atoms with E-state index >= 15 is 0 Å². The molecule has 116 valence electrons. The second-order valence-electron chi connectivity index (χ2n) is 5.22. The van der Waals surface area contributed by atoms with Crippen LogP contribution in [0.4, 0.5) is 21.9 Å². The molecule has 0 aliphatic carbocycles. The van der Waals surface area contributed by atoms with Crippen LogP contribution in [-0.2, 0) is 4.74 Å². The van der Waals surface area contributed by atoms with Gasteiger partial charge in [0.15, 0.2) is 0 Å². The third kappa shape index (κ3) is 3.71. The Kier molecular flexibility index (Phi) is 5.14. The van der Waals surface area contributed by atoms with Crippen LogP contribution in [0.1, 0.15) is 19.8 Å². The van der Waals surface area contributed by atoms with Gasteiger partial charge in [0.2, 0.25) is 0 Å². The van der Waals surface area contributed by atoms with E-state index < -0.39 is 0 Å². The Morgan fingerprint density at radius 1 is 1.24 bits per heavy atom. The van der Waals surface area contributed by atoms with Gasteiger partial charge in [0.05, 0.1) is 23.7 Å². The van der Waals surface area contributed by atoms with Crippen LogP contribution in [0.2, 0.25) is 0 Å². The first kappa shape index (κ1) is 15.3. The molecular weight excluding hydrogens is 268 g/mol. The van der Waals surface area contributed by atoms with Crippen LogP contribution in [-0.4, -0.2) is 43.8 Å². The lowest BCUT2D eigenvalue weighted by Gasteiger charge is -2.36. The second-order valence-corrected chi connectivity index (χ2v) is 5.22. The number of benzene rings is 1. The van der Waals surface area contributed by atoms with Crippen LogP contribution in [0.15, 0.2) is 18.2 Å². The first-order valence-electron chi connectivity index (χ1n) is 7.44. The highest BCUT2D eigenvalue weighted by atomic mass is 16.6. The zero-order valence-corrected chi connectivity index (χ0v) is 12.5. The number of nitrogen functional groups attached to an aromatic ring is 2. The summed E-state index contributed by atoms with van der Waals surface area (Å²) < 4.78 is 5.23. The van der Waals surface area contributed by atoms with Gasteiger partial charge < -0.3 is 26.0 Å². The average Bonchev–Trinajstić information content (AvgIpc) is 2.50. The zero-order chi connectivity index (χ0) is 15.2. The maximum atomic E-state index is 11.9. The Bertz CT molecular complexity index is 485. The summed E-state index contributed by atoms with van der Waals surface area (Å²) in [6.07, 6.45) is 1.71. The monoisotopic (exact) mass is 292 g/mol. The van der Waals surface area contributed by atoms with E-state index in [0.29, 0.717) is 31.1 Å². The van der Waals surface area contributed by atoms with Gasteiger partial charge in [-0.1, -0.05) is 19.4 Å². The number of ether oxygens (including phenoxy) is 1. The summed E-state index contributed by atoms with van der Waals surface area (Å²) in [5.74, 6) is 0. The zero-order valence-electron chi connectivity index (χ0n) is 12.5. The molecule has 0 unspecified atom stereocenters. The molecule has 0 saturated carbocycles. The lowest BCUT2D eigenvalue weighted by atomic mass is 10.2. The lowest BCUT2D eigenvalue weighted by molar-refractivity contribution is 0.0990. The van der Waals surface area contributed by atoms with Crippen molar-refractivity contribution >= 4 is 23.2 Å². The van der Waals surface area contributed by atoms with E-state index in [4.69, 9.17) is 16.2 Å². The number of carbonyl (C=O) groups excluding carboxylic acids is 1. The van der Waals surface area contributed by atoms with Crippen LogP contribution in [0.25, 0.3) is 0 Å². The summed E-state index contributed by atoms with van der Waals surface area (Å²) in [5, 5.41) is 0. The van der Waals surface area contributed by atoms with Crippen molar-refractivity contribution in [2.45, 2.75) is 19.8 Å². The third-order valence-corrected chi connectivity index (χ3v) is 3.72. The number of amides is 1. The summed E-state index contributed by atoms with van der Waals surface area (Å²) in [6, 6.07) is 5.65. The molecule has 0 spiro atoms. The molecule has 1 aromatic rings. The van der Waals surface area contributed by atoms with Gasteiger partial charge in [-0.05, 0) is 18.6 Å². The summed E-state index contributed by atoms with van der Waals surface area (Å²) in [7, 11) is 0. The Morgan fingerprint density at radius 3 is 2.62 bits per heavy atom. The number of hydrogen-bond acceptors (Lipinski definition) is 5. The highest BCUT2D eigenvalue weighted by molar-refractivity contribution is 5.79. The van der Waals surface area contributed by atoms with E-state index in [1.165, 1.54) is 0 Å². The fraction of sp³-hybridized carbons (Fsp3) is 0.533. The first-order chi connectivity index (χ1) is 10.1. The molecule has 2 rings (SSSR count). The number of carbonyl (C=O) groups is 1. The third-order valence-electron chi connectivity index (χ3n) is 3.72. The molecule has 0 radical (unpaired) electrons. The molecule has 1 aliphatic heterocycles. The molecule has 1 saturated heterocycles. The molecule has 21 heavy (non-hydrogen) atoms. The van der Waals surface area contributed by atoms with Gasteiger partial charge in [-0.2, -0.15) is 0 Å². The molecule has 1 heterocycles. The fourth-order valence-electron chi connectivity index (χ4n) is 2.37. The summed E-state index contributed by atoms with van der Waals surface area (Å²) in [4.78, 5) is 15.8. The standard InChI is InChI=1S/C15H24N4O2/c1-2-3-11-21-15(20)19-9-7-18(8-10-19)13-6-4-5-12(16)14(13)17/h4-6H,2-3,7-11,16-17H2,1H3. The minimum atomic E-state index is -0.219. The molecule has 1 aliphatic rings. The highest BCUT2D eigenvalue weighted by Gasteiger charge is 2.23. The van der Waals surface area contributed by atoms with Gasteiger partial charge >= 0.3 is 6.09 Å². The van der Waals surface area contributed by atoms with Crippen molar-refractivity contribution < 1.29 is 9.53 Å². The van der Waals surface area contributed by atoms with Crippen molar-refractivity contribution in [2.75, 3.05) is 49.2 Å². The Balaban J connectivity index is 1.88. The van der Waals surface area contributed by atoms with E-state index in [2.05, 4.69) is 11.8 Å². The van der Waals surface area contributed by atoms with Crippen molar-refractivity contribution in [3.8, 4) is 0 Å². The Labute approximate surface area is 125 Å². The number of rotatable bonds is 4. The van der Waals surface area contributed by atoms with E-state index in [1.54, 1.807) is 11.0 Å². The molecule has 6 nitrogen and oxygen atoms in total. The predicted molar refractivity (Wildman–Crippen MR) is 85.3 cm³/mol. The van der Waals surface area contributed by atoms with Gasteiger partial charge in [-0.3, -0.25) is 0 Å². The van der Waals surface area contributed by atoms with E-state index in [9.17, 15) is 4.79 Å². The smallest absolute Gasteiger partial charge is 0.409 e. The van der Waals surface area contributed by atoms with E-state index in [-0.39, 0.29) is 6.09 Å². The van der Waals surface area contributed by atoms with Crippen molar-refractivity contribution in [3.63, 3.8) is 0 Å². The van der Waals surface area contributed by atoms with Gasteiger partial charge in [0.25, 0.3) is 0 Å². The van der Waals surface area contributed by atoms with Crippen LogP contribution >= 0.6 is 0 Å². The summed E-state index contributed by atoms with van der Waals surface area (Å²) in [5.41, 5.74) is 14.0. The summed E-state index contributed by atoms with van der Waals surface area (Å²) >= 11 is 0. The number of hydrogen-bond donors (Lipinski definition) is 2. The normalized spacial score (nSPS) is 15.1. The minimum absolute atomic E-state index is 0.219. The van der Waals surface area contributed by atoms with Gasteiger partial charge in [0.1, 0.15) is 0 Å². The molecular formula is C15H24N4O2. The van der Waals surface area contributed by atoms with E-state index in [1.807, 2.05) is 12.1 Å². The summed E-state index contributed by atoms with van der Waals surface area (Å²) in [6.45, 7) is 5.31. The SMILES string of the molecule is CCCCOC(=O)N1CCN(c2cccc(N)c2N)CC1. The largest absolute Gasteiger partial charge is 0.449 e. The van der Waals surface area contributed by atoms with Gasteiger partial charge in [-0.25, -0.2) is 4.79 Å². The number of unbranched alkanes of at least 4 members (excludes halogenated alkanes) is 1. The van der Waals surface area contributed by atoms with Crippen LogP contribution in [0.5, 0.6) is 0 Å². The molecule has 4 N–H and O–H groups in total. The molecule has 0 aromatic heterocycles. The van der Waals surface area contributed by atoms with Crippen molar-refractivity contribution in [2.24, 2.45) is 0 Å². The number of anilines is 3. The molecule has 1 amide bonds. The molecule has 6 heteroatoms. The number of para-hydroxylation sites is 1. The van der Waals surface area contributed by atoms with Crippen molar-refractivity contribution in [1.29, 1.82) is 0 Å². The van der Waals surface area contributed by atoms with Gasteiger partial charge in [0, 0.05) is 26.2 Å². The number of piperazine rings is 1. The molecule has 0 bridgehead atoms. The van der Waals surface area contributed by atoms with Gasteiger partial charge in [-0.15, -0.1) is 0 Å². The maximum absolute atomic E-state index is 11.9. The Hall–Kier alpha value is -2.11. The molecule has 1 fully saturated rings. The molecule has 0 atom stereocenters. The topological polar surface area (TPSA) is 84.8 Å². The predicted octanol–water partition coefficient (Wildman–Crippen LogP) is 1.91. The van der Waals surface area contributed by atoms with E-state index in [0.717, 1.165) is 31.6 Å². The van der Waals surface area contributed by atoms with Crippen LogP contribution in [0.3, 0.4) is 0 Å². The second kappa shape index (κ2) is 7.06. The Morgan fingerprint density at radius 2 is 1.95 bits per heavy atom. The van der Waals surface area contributed by atoms with Crippen molar-refractivity contribution in [3.05, 3.63) is 18.2 Å². The van der Waals surface area contributed by atoms with Crippen molar-refractivity contribution in [1.82, 2.24) is 4.90 Å². The maximum Gasteiger partial charge on any atom is 0.409 e. The first-order valence-corrected chi connectivity index (χ1v) is 7.44. The minimum Gasteiger partial charge on any atom is -0.449 e. The van der Waals surface area contributed by atoms with Crippen LogP contribution in [0, 0.1) is 0 Å². The molecule has 1 aromatic carbocycles. The lowest BCUT2D eigenvalue weighted by Crippen LogP contribution is -2.49. The fourth-order valence-corrected chi connectivity index (χ4v) is 2.37. The average molecular weight is 292 g/mol. The van der Waals surface area contributed by atoms with Crippen LogP contribution < -0.4 is 16.4 Å². The highest BCUT2D eigenvalue weighted by Crippen LogP contribution is 2.29.